The van der Waals surface area contributed by atoms with Crippen LogP contribution in [-0.4, -0.2) is 31.3 Å². The molecule has 0 saturated carbocycles. The zero-order valence-electron chi connectivity index (χ0n) is 15.7. The van der Waals surface area contributed by atoms with E-state index in [4.69, 9.17) is 9.47 Å². The zero-order chi connectivity index (χ0) is 18.6. The lowest BCUT2D eigenvalue weighted by atomic mass is 9.96. The molecule has 2 heterocycles. The molecule has 5 nitrogen and oxygen atoms in total. The Bertz CT molecular complexity index is 833. The average Bonchev–Trinajstić information content (AvgIpc) is 3.31. The lowest BCUT2D eigenvalue weighted by Gasteiger charge is -2.23. The molecule has 2 saturated heterocycles. The van der Waals surface area contributed by atoms with Crippen LogP contribution in [0.25, 0.3) is 0 Å². The topological polar surface area (TPSA) is 54.9 Å². The van der Waals surface area contributed by atoms with E-state index in [0.29, 0.717) is 24.4 Å². The minimum Gasteiger partial charge on any atom is -0.454 e. The molecule has 2 N–H and O–H groups in total. The van der Waals surface area contributed by atoms with E-state index in [1.165, 1.54) is 6.07 Å². The summed E-state index contributed by atoms with van der Waals surface area (Å²) in [5, 5.41) is 6.78. The molecule has 0 amide bonds. The number of benzene rings is 2. The van der Waals surface area contributed by atoms with E-state index in [0.717, 1.165) is 30.8 Å². The minimum atomic E-state index is -0.381. The first-order valence-corrected chi connectivity index (χ1v) is 9.36. The van der Waals surface area contributed by atoms with E-state index in [1.807, 2.05) is 24.3 Å². The molecule has 0 radical (unpaired) electrons. The first kappa shape index (κ1) is 20.9. The third-order valence-electron chi connectivity index (χ3n) is 5.13. The molecule has 2 aromatic carbocycles. The third kappa shape index (κ3) is 4.75. The van der Waals surface area contributed by atoms with Gasteiger partial charge in [-0.3, -0.25) is 4.99 Å². The van der Waals surface area contributed by atoms with Gasteiger partial charge in [0, 0.05) is 19.2 Å². The van der Waals surface area contributed by atoms with Crippen molar-refractivity contribution in [1.29, 1.82) is 0 Å². The van der Waals surface area contributed by atoms with Gasteiger partial charge < -0.3 is 20.1 Å². The Morgan fingerprint density at radius 3 is 2.57 bits per heavy atom. The quantitative estimate of drug-likeness (QED) is 0.369. The van der Waals surface area contributed by atoms with Crippen molar-refractivity contribution in [3.8, 4) is 11.5 Å². The molecule has 2 aliphatic heterocycles. The number of halogens is 2. The fraction of sp³-hybridized carbons (Fsp3) is 0.381. The highest BCUT2D eigenvalue weighted by molar-refractivity contribution is 14.0. The Morgan fingerprint density at radius 1 is 1.14 bits per heavy atom. The molecule has 7 heteroatoms. The van der Waals surface area contributed by atoms with Crippen molar-refractivity contribution in [2.24, 2.45) is 4.99 Å². The van der Waals surface area contributed by atoms with Crippen molar-refractivity contribution < 1.29 is 13.9 Å². The standard InChI is InChI=1S/C21H24FN3O2.HI/c1-23-21(25-17-12-15-10-11-20(17)26-15)24-13-14-6-2-4-8-18(14)27-19-9-5-3-7-16(19)22;/h2-9,15,17,20H,10-13H2,1H3,(H2,23,24,25);1H. The molecule has 2 aromatic rings. The van der Waals surface area contributed by atoms with Gasteiger partial charge in [0.2, 0.25) is 0 Å². The molecule has 4 rings (SSSR count). The fourth-order valence-corrected chi connectivity index (χ4v) is 3.73. The van der Waals surface area contributed by atoms with E-state index in [1.54, 1.807) is 25.2 Å². The summed E-state index contributed by atoms with van der Waals surface area (Å²) in [4.78, 5) is 4.32. The van der Waals surface area contributed by atoms with Gasteiger partial charge in [-0.2, -0.15) is 0 Å². The van der Waals surface area contributed by atoms with E-state index in [9.17, 15) is 4.39 Å². The number of ether oxygens (including phenoxy) is 2. The molecule has 0 aromatic heterocycles. The highest BCUT2D eigenvalue weighted by Crippen LogP contribution is 2.34. The summed E-state index contributed by atoms with van der Waals surface area (Å²) >= 11 is 0. The predicted octanol–water partition coefficient (Wildman–Crippen LogP) is 4.22. The highest BCUT2D eigenvalue weighted by atomic mass is 127. The number of para-hydroxylation sites is 2. The second-order valence-electron chi connectivity index (χ2n) is 6.93. The minimum absolute atomic E-state index is 0. The van der Waals surface area contributed by atoms with Crippen LogP contribution in [0.3, 0.4) is 0 Å². The van der Waals surface area contributed by atoms with Crippen molar-refractivity contribution in [1.82, 2.24) is 10.6 Å². The van der Waals surface area contributed by atoms with Crippen molar-refractivity contribution >= 4 is 29.9 Å². The Balaban J connectivity index is 0.00000225. The number of aliphatic imine (C=N–C) groups is 1. The Kier molecular flexibility index (Phi) is 7.12. The Hall–Kier alpha value is -1.87. The molecule has 2 aliphatic rings. The summed E-state index contributed by atoms with van der Waals surface area (Å²) in [5.41, 5.74) is 0.924. The number of nitrogens with zero attached hydrogens (tertiary/aromatic N) is 1. The van der Waals surface area contributed by atoms with Crippen LogP contribution in [0.15, 0.2) is 53.5 Å². The molecular formula is C21H25FIN3O2. The summed E-state index contributed by atoms with van der Waals surface area (Å²) in [6, 6.07) is 14.3. The molecule has 28 heavy (non-hydrogen) atoms. The largest absolute Gasteiger partial charge is 0.454 e. The molecule has 3 atom stereocenters. The zero-order valence-corrected chi connectivity index (χ0v) is 18.1. The predicted molar refractivity (Wildman–Crippen MR) is 118 cm³/mol. The lowest BCUT2D eigenvalue weighted by molar-refractivity contribution is 0.0992. The van der Waals surface area contributed by atoms with Crippen molar-refractivity contribution in [2.45, 2.75) is 44.1 Å². The number of hydrogen-bond donors (Lipinski definition) is 2. The molecule has 0 aliphatic carbocycles. The van der Waals surface area contributed by atoms with Gasteiger partial charge in [-0.1, -0.05) is 30.3 Å². The average molecular weight is 497 g/mol. The van der Waals surface area contributed by atoms with Gasteiger partial charge in [-0.05, 0) is 37.5 Å². The van der Waals surface area contributed by atoms with Crippen LogP contribution in [-0.2, 0) is 11.3 Å². The van der Waals surface area contributed by atoms with Gasteiger partial charge in [0.1, 0.15) is 5.75 Å². The molecule has 150 valence electrons. The number of nitrogens with one attached hydrogen (secondary N) is 2. The smallest absolute Gasteiger partial charge is 0.191 e. The molecule has 2 bridgehead atoms. The van der Waals surface area contributed by atoms with Gasteiger partial charge in [0.25, 0.3) is 0 Å². The van der Waals surface area contributed by atoms with Crippen LogP contribution in [0.2, 0.25) is 0 Å². The van der Waals surface area contributed by atoms with Gasteiger partial charge in [-0.15, -0.1) is 24.0 Å². The molecule has 0 spiro atoms. The maximum Gasteiger partial charge on any atom is 0.191 e. The Morgan fingerprint density at radius 2 is 1.89 bits per heavy atom. The monoisotopic (exact) mass is 497 g/mol. The second-order valence-corrected chi connectivity index (χ2v) is 6.93. The molecule has 2 fully saturated rings. The first-order chi connectivity index (χ1) is 13.2. The second kappa shape index (κ2) is 9.56. The van der Waals surface area contributed by atoms with E-state index < -0.39 is 0 Å². The number of fused-ring (bicyclic) bond motifs is 2. The molecular weight excluding hydrogens is 472 g/mol. The van der Waals surface area contributed by atoms with Gasteiger partial charge in [0.05, 0.1) is 18.2 Å². The maximum atomic E-state index is 13.9. The maximum absolute atomic E-state index is 13.9. The van der Waals surface area contributed by atoms with Crippen molar-refractivity contribution in [3.05, 3.63) is 59.9 Å². The molecule has 3 unspecified atom stereocenters. The first-order valence-electron chi connectivity index (χ1n) is 9.36. The van der Waals surface area contributed by atoms with Crippen LogP contribution >= 0.6 is 24.0 Å². The van der Waals surface area contributed by atoms with Crippen LogP contribution < -0.4 is 15.4 Å². The van der Waals surface area contributed by atoms with Crippen LogP contribution in [0.1, 0.15) is 24.8 Å². The summed E-state index contributed by atoms with van der Waals surface area (Å²) in [6.45, 7) is 0.520. The van der Waals surface area contributed by atoms with E-state index in [-0.39, 0.29) is 41.6 Å². The van der Waals surface area contributed by atoms with Gasteiger partial charge in [-0.25, -0.2) is 4.39 Å². The van der Waals surface area contributed by atoms with Crippen LogP contribution in [0, 0.1) is 5.82 Å². The van der Waals surface area contributed by atoms with Gasteiger partial charge in [0.15, 0.2) is 17.5 Å². The summed E-state index contributed by atoms with van der Waals surface area (Å²) in [5.74, 6) is 1.19. The SMILES string of the molecule is CN=C(NCc1ccccc1Oc1ccccc1F)NC1CC2CCC1O2.I. The van der Waals surface area contributed by atoms with Crippen LogP contribution in [0.5, 0.6) is 11.5 Å². The van der Waals surface area contributed by atoms with Crippen LogP contribution in [0.4, 0.5) is 4.39 Å². The van der Waals surface area contributed by atoms with E-state index >= 15 is 0 Å². The number of hydrogen-bond acceptors (Lipinski definition) is 3. The summed E-state index contributed by atoms with van der Waals surface area (Å²) in [7, 11) is 1.76. The lowest BCUT2D eigenvalue weighted by Crippen LogP contribution is -2.47. The third-order valence-corrected chi connectivity index (χ3v) is 5.13. The number of guanidine groups is 1. The summed E-state index contributed by atoms with van der Waals surface area (Å²) < 4.78 is 25.6. The number of rotatable bonds is 5. The van der Waals surface area contributed by atoms with E-state index in [2.05, 4.69) is 15.6 Å². The van der Waals surface area contributed by atoms with Gasteiger partial charge >= 0.3 is 0 Å². The summed E-state index contributed by atoms with van der Waals surface area (Å²) in [6.07, 6.45) is 3.97. The van der Waals surface area contributed by atoms with Crippen molar-refractivity contribution in [2.75, 3.05) is 7.05 Å². The highest BCUT2D eigenvalue weighted by Gasteiger charge is 2.41. The normalized spacial score (nSPS) is 23.2. The fourth-order valence-electron chi connectivity index (χ4n) is 3.73. The van der Waals surface area contributed by atoms with Crippen molar-refractivity contribution in [3.63, 3.8) is 0 Å². The Labute approximate surface area is 181 Å².